The number of esters is 1. The summed E-state index contributed by atoms with van der Waals surface area (Å²) in [5, 5.41) is 14.9. The Labute approximate surface area is 133 Å². The van der Waals surface area contributed by atoms with Crippen LogP contribution in [0.5, 0.6) is 11.5 Å². The monoisotopic (exact) mass is 318 g/mol. The van der Waals surface area contributed by atoms with Gasteiger partial charge in [0.1, 0.15) is 6.61 Å². The average molecular weight is 318 g/mol. The summed E-state index contributed by atoms with van der Waals surface area (Å²) in [7, 11) is 1.42. The van der Waals surface area contributed by atoms with Gasteiger partial charge in [-0.25, -0.2) is 9.59 Å². The number of carbonyl (C=O) groups is 2. The van der Waals surface area contributed by atoms with Crippen molar-refractivity contribution >= 4 is 12.0 Å². The molecule has 1 heterocycles. The van der Waals surface area contributed by atoms with Gasteiger partial charge in [-0.15, -0.1) is 0 Å². The van der Waals surface area contributed by atoms with Crippen LogP contribution >= 0.6 is 0 Å². The lowest BCUT2D eigenvalue weighted by atomic mass is 9.95. The van der Waals surface area contributed by atoms with E-state index >= 15 is 0 Å². The van der Waals surface area contributed by atoms with Gasteiger partial charge in [-0.1, -0.05) is 18.7 Å². The van der Waals surface area contributed by atoms with Gasteiger partial charge >= 0.3 is 12.0 Å². The van der Waals surface area contributed by atoms with Gasteiger partial charge in [0.25, 0.3) is 0 Å². The van der Waals surface area contributed by atoms with Crippen molar-refractivity contribution < 1.29 is 24.2 Å². The minimum absolute atomic E-state index is 0.0343. The quantitative estimate of drug-likeness (QED) is 0.568. The van der Waals surface area contributed by atoms with Crippen LogP contribution in [0.25, 0.3) is 0 Å². The fourth-order valence-corrected chi connectivity index (χ4v) is 2.30. The van der Waals surface area contributed by atoms with Crippen molar-refractivity contribution in [2.24, 2.45) is 0 Å². The van der Waals surface area contributed by atoms with Crippen molar-refractivity contribution in [1.82, 2.24) is 10.6 Å². The molecule has 1 aliphatic heterocycles. The predicted molar refractivity (Wildman–Crippen MR) is 82.9 cm³/mol. The van der Waals surface area contributed by atoms with Crippen LogP contribution in [0.2, 0.25) is 0 Å². The molecule has 3 N–H and O–H groups in total. The van der Waals surface area contributed by atoms with Crippen LogP contribution in [0, 0.1) is 0 Å². The van der Waals surface area contributed by atoms with Gasteiger partial charge in [-0.3, -0.25) is 0 Å². The number of rotatable bonds is 5. The Morgan fingerprint density at radius 2 is 2.22 bits per heavy atom. The smallest absolute Gasteiger partial charge is 0.338 e. The molecular weight excluding hydrogens is 300 g/mol. The van der Waals surface area contributed by atoms with E-state index in [1.54, 1.807) is 19.1 Å². The second kappa shape index (κ2) is 6.87. The number of urea groups is 1. The van der Waals surface area contributed by atoms with Gasteiger partial charge in [-0.05, 0) is 24.6 Å². The van der Waals surface area contributed by atoms with Gasteiger partial charge in [0.2, 0.25) is 0 Å². The number of phenols is 1. The zero-order valence-corrected chi connectivity index (χ0v) is 12.9. The predicted octanol–water partition coefficient (Wildman–Crippen LogP) is 1.76. The lowest BCUT2D eigenvalue weighted by molar-refractivity contribution is -0.138. The lowest BCUT2D eigenvalue weighted by Gasteiger charge is -2.28. The topological polar surface area (TPSA) is 96.9 Å². The molecular formula is C16H18N2O5. The number of phenolic OH excluding ortho intramolecular Hbond substituents is 1. The highest BCUT2D eigenvalue weighted by Crippen LogP contribution is 2.33. The summed E-state index contributed by atoms with van der Waals surface area (Å²) in [5.41, 5.74) is 1.26. The standard InChI is InChI=1S/C16H18N2O5/c1-4-7-23-15(20)13-9(2)17-16(21)18-14(13)10-5-6-11(19)12(8-10)22-3/h4-6,8,14,19H,1,7H2,2-3H3,(H2,17,18,21)/t14-/m1/s1. The van der Waals surface area contributed by atoms with E-state index in [0.29, 0.717) is 11.3 Å². The van der Waals surface area contributed by atoms with Gasteiger partial charge in [0, 0.05) is 5.70 Å². The number of hydrogen-bond donors (Lipinski definition) is 3. The molecule has 0 radical (unpaired) electrons. The summed E-state index contributed by atoms with van der Waals surface area (Å²) < 4.78 is 10.1. The molecule has 7 heteroatoms. The molecule has 0 saturated carbocycles. The number of ether oxygens (including phenoxy) is 2. The van der Waals surface area contributed by atoms with E-state index in [0.717, 1.165) is 0 Å². The molecule has 1 aromatic carbocycles. The van der Waals surface area contributed by atoms with Crippen LogP contribution < -0.4 is 15.4 Å². The number of allylic oxidation sites excluding steroid dienone is 1. The van der Waals surface area contributed by atoms with E-state index in [1.807, 2.05) is 0 Å². The highest BCUT2D eigenvalue weighted by molar-refractivity contribution is 5.95. The van der Waals surface area contributed by atoms with E-state index in [4.69, 9.17) is 9.47 Å². The molecule has 1 atom stereocenters. The first kappa shape index (κ1) is 16.4. The first-order chi connectivity index (χ1) is 11.0. The molecule has 1 aliphatic rings. The maximum atomic E-state index is 12.3. The number of benzene rings is 1. The Morgan fingerprint density at radius 1 is 1.48 bits per heavy atom. The van der Waals surface area contributed by atoms with E-state index in [2.05, 4.69) is 17.2 Å². The van der Waals surface area contributed by atoms with E-state index in [-0.39, 0.29) is 23.7 Å². The summed E-state index contributed by atoms with van der Waals surface area (Å²) in [6.07, 6.45) is 1.46. The van der Waals surface area contributed by atoms with E-state index in [9.17, 15) is 14.7 Å². The number of hydrogen-bond acceptors (Lipinski definition) is 5. The normalized spacial score (nSPS) is 17.1. The molecule has 0 aromatic heterocycles. The third-order valence-corrected chi connectivity index (χ3v) is 3.36. The summed E-state index contributed by atoms with van der Waals surface area (Å²) in [4.78, 5) is 24.0. The van der Waals surface area contributed by atoms with Crippen molar-refractivity contribution in [3.63, 3.8) is 0 Å². The van der Waals surface area contributed by atoms with Crippen LogP contribution in [-0.2, 0) is 9.53 Å². The molecule has 0 unspecified atom stereocenters. The molecule has 0 bridgehead atoms. The summed E-state index contributed by atoms with van der Waals surface area (Å²) >= 11 is 0. The Bertz CT molecular complexity index is 681. The largest absolute Gasteiger partial charge is 0.504 e. The molecule has 0 saturated heterocycles. The summed E-state index contributed by atoms with van der Waals surface area (Å²) in [6, 6.07) is 3.45. The van der Waals surface area contributed by atoms with Crippen LogP contribution in [0.1, 0.15) is 18.5 Å². The first-order valence-electron chi connectivity index (χ1n) is 6.91. The Kier molecular flexibility index (Phi) is 4.90. The zero-order valence-electron chi connectivity index (χ0n) is 12.9. The highest BCUT2D eigenvalue weighted by Gasteiger charge is 2.32. The molecule has 7 nitrogen and oxygen atoms in total. The van der Waals surface area contributed by atoms with Crippen LogP contribution in [-0.4, -0.2) is 30.8 Å². The maximum Gasteiger partial charge on any atom is 0.338 e. The van der Waals surface area contributed by atoms with E-state index in [1.165, 1.54) is 19.3 Å². The molecule has 0 fully saturated rings. The van der Waals surface area contributed by atoms with Crippen LogP contribution in [0.4, 0.5) is 4.79 Å². The van der Waals surface area contributed by atoms with Gasteiger partial charge in [0.15, 0.2) is 11.5 Å². The fraction of sp³-hybridized carbons (Fsp3) is 0.250. The fourth-order valence-electron chi connectivity index (χ4n) is 2.30. The van der Waals surface area contributed by atoms with Gasteiger partial charge < -0.3 is 25.2 Å². The third kappa shape index (κ3) is 3.45. The second-order valence-corrected chi connectivity index (χ2v) is 4.89. The Morgan fingerprint density at radius 3 is 2.87 bits per heavy atom. The van der Waals surface area contributed by atoms with Crippen molar-refractivity contribution in [2.75, 3.05) is 13.7 Å². The summed E-state index contributed by atoms with van der Waals surface area (Å²) in [5.74, 6) is -0.355. The lowest BCUT2D eigenvalue weighted by Crippen LogP contribution is -2.45. The van der Waals surface area contributed by atoms with Crippen molar-refractivity contribution in [1.29, 1.82) is 0 Å². The molecule has 23 heavy (non-hydrogen) atoms. The molecule has 2 rings (SSSR count). The molecule has 1 aromatic rings. The Balaban J connectivity index is 2.44. The van der Waals surface area contributed by atoms with E-state index < -0.39 is 18.0 Å². The first-order valence-corrected chi connectivity index (χ1v) is 6.91. The Hall–Kier alpha value is -2.96. The summed E-state index contributed by atoms with van der Waals surface area (Å²) in [6.45, 7) is 5.18. The minimum Gasteiger partial charge on any atom is -0.504 e. The number of carbonyl (C=O) groups excluding carboxylic acids is 2. The number of aromatic hydroxyl groups is 1. The minimum atomic E-state index is -0.712. The van der Waals surface area contributed by atoms with Gasteiger partial charge in [-0.2, -0.15) is 0 Å². The molecule has 2 amide bonds. The molecule has 122 valence electrons. The number of nitrogens with one attached hydrogen (secondary N) is 2. The van der Waals surface area contributed by atoms with Crippen LogP contribution in [0.3, 0.4) is 0 Å². The molecule has 0 aliphatic carbocycles. The third-order valence-electron chi connectivity index (χ3n) is 3.36. The maximum absolute atomic E-state index is 12.3. The number of amides is 2. The number of methoxy groups -OCH3 is 1. The van der Waals surface area contributed by atoms with Crippen molar-refractivity contribution in [2.45, 2.75) is 13.0 Å². The second-order valence-electron chi connectivity index (χ2n) is 4.89. The van der Waals surface area contributed by atoms with Crippen molar-refractivity contribution in [3.8, 4) is 11.5 Å². The van der Waals surface area contributed by atoms with Crippen molar-refractivity contribution in [3.05, 3.63) is 47.7 Å². The zero-order chi connectivity index (χ0) is 17.0. The van der Waals surface area contributed by atoms with Gasteiger partial charge in [0.05, 0.1) is 18.7 Å². The molecule has 0 spiro atoms. The highest BCUT2D eigenvalue weighted by atomic mass is 16.5. The average Bonchev–Trinajstić information content (AvgIpc) is 2.52. The SMILES string of the molecule is C=CCOC(=O)C1=C(C)NC(=O)N[C@@H]1c1ccc(O)c(OC)c1. The van der Waals surface area contributed by atoms with Crippen LogP contribution in [0.15, 0.2) is 42.1 Å².